The van der Waals surface area contributed by atoms with Crippen molar-refractivity contribution in [2.24, 2.45) is 0 Å². The maximum absolute atomic E-state index is 13.0. The van der Waals surface area contributed by atoms with Gasteiger partial charge < -0.3 is 10.1 Å². The normalized spacial score (nSPS) is 11.4. The van der Waals surface area contributed by atoms with Crippen molar-refractivity contribution in [1.82, 2.24) is 25.0 Å². The van der Waals surface area contributed by atoms with E-state index >= 15 is 0 Å². The maximum Gasteiger partial charge on any atom is 0.408 e. The van der Waals surface area contributed by atoms with Crippen LogP contribution in [0.25, 0.3) is 10.9 Å². The highest BCUT2D eigenvalue weighted by molar-refractivity contribution is 6.08. The molecule has 3 heterocycles. The molecule has 1 amide bonds. The predicted octanol–water partition coefficient (Wildman–Crippen LogP) is 3.83. The standard InChI is InChI=1S/C19H13F3N6O2/c20-19(21,22)11-28-14-6-1-7-15(30-12-4-2-8-23-10-12)16(14)17(27-28)25-18(29)13-5-3-9-24-26-13/h1-10H,11H2,(H,25,27,29). The highest BCUT2D eigenvalue weighted by atomic mass is 19.4. The number of fused-ring (bicyclic) bond motifs is 1. The van der Waals surface area contributed by atoms with E-state index in [2.05, 4.69) is 25.6 Å². The molecule has 30 heavy (non-hydrogen) atoms. The first kappa shape index (κ1) is 19.3. The van der Waals surface area contributed by atoms with Crippen LogP contribution < -0.4 is 10.1 Å². The number of nitrogens with zero attached hydrogens (tertiary/aromatic N) is 5. The predicted molar refractivity (Wildman–Crippen MR) is 100 cm³/mol. The van der Waals surface area contributed by atoms with Crippen molar-refractivity contribution >= 4 is 22.6 Å². The van der Waals surface area contributed by atoms with E-state index in [1.165, 1.54) is 36.7 Å². The highest BCUT2D eigenvalue weighted by Crippen LogP contribution is 2.36. The number of rotatable bonds is 5. The Kier molecular flexibility index (Phi) is 5.00. The molecule has 0 fully saturated rings. The van der Waals surface area contributed by atoms with E-state index in [1.54, 1.807) is 24.4 Å². The minimum Gasteiger partial charge on any atom is -0.455 e. The monoisotopic (exact) mass is 414 g/mol. The number of anilines is 1. The van der Waals surface area contributed by atoms with E-state index in [9.17, 15) is 18.0 Å². The number of pyridine rings is 1. The van der Waals surface area contributed by atoms with Crippen LogP contribution in [0.4, 0.5) is 19.0 Å². The first-order valence-corrected chi connectivity index (χ1v) is 8.64. The number of aromatic nitrogens is 5. The summed E-state index contributed by atoms with van der Waals surface area (Å²) in [7, 11) is 0. The maximum atomic E-state index is 13.0. The number of amides is 1. The van der Waals surface area contributed by atoms with Gasteiger partial charge in [0.2, 0.25) is 0 Å². The molecule has 4 rings (SSSR count). The Balaban J connectivity index is 1.79. The van der Waals surface area contributed by atoms with Gasteiger partial charge in [-0.25, -0.2) is 0 Å². The van der Waals surface area contributed by atoms with Gasteiger partial charge in [-0.3, -0.25) is 14.5 Å². The molecule has 0 saturated carbocycles. The van der Waals surface area contributed by atoms with Crippen LogP contribution in [0.5, 0.6) is 11.5 Å². The zero-order valence-electron chi connectivity index (χ0n) is 15.2. The number of carbonyl (C=O) groups is 1. The SMILES string of the molecule is O=C(Nc1nn(CC(F)(F)F)c2cccc(Oc3cccnc3)c12)c1cccnn1. The van der Waals surface area contributed by atoms with Gasteiger partial charge in [0.25, 0.3) is 5.91 Å². The van der Waals surface area contributed by atoms with Crippen molar-refractivity contribution < 1.29 is 22.7 Å². The van der Waals surface area contributed by atoms with Crippen LogP contribution in [0.15, 0.2) is 61.1 Å². The molecule has 0 saturated heterocycles. The van der Waals surface area contributed by atoms with Gasteiger partial charge in [0.15, 0.2) is 11.5 Å². The van der Waals surface area contributed by atoms with Gasteiger partial charge in [0.1, 0.15) is 18.0 Å². The van der Waals surface area contributed by atoms with Crippen molar-refractivity contribution in [1.29, 1.82) is 0 Å². The summed E-state index contributed by atoms with van der Waals surface area (Å²) in [4.78, 5) is 16.4. The second-order valence-electron chi connectivity index (χ2n) is 6.13. The summed E-state index contributed by atoms with van der Waals surface area (Å²) in [5.74, 6) is -0.176. The Morgan fingerprint density at radius 3 is 2.63 bits per heavy atom. The minimum absolute atomic E-state index is 0.0123. The molecule has 0 bridgehead atoms. The molecule has 0 spiro atoms. The third kappa shape index (κ3) is 4.19. The lowest BCUT2D eigenvalue weighted by Crippen LogP contribution is -2.19. The van der Waals surface area contributed by atoms with E-state index in [4.69, 9.17) is 4.74 Å². The first-order chi connectivity index (χ1) is 14.4. The molecular formula is C19H13F3N6O2. The summed E-state index contributed by atoms with van der Waals surface area (Å²) in [5, 5.41) is 14.0. The van der Waals surface area contributed by atoms with Crippen LogP contribution in [0.2, 0.25) is 0 Å². The van der Waals surface area contributed by atoms with Gasteiger partial charge in [0, 0.05) is 12.4 Å². The molecule has 1 aromatic carbocycles. The van der Waals surface area contributed by atoms with Crippen molar-refractivity contribution in [3.63, 3.8) is 0 Å². The Hall–Kier alpha value is -4.02. The Bertz CT molecular complexity index is 1180. The number of halogens is 3. The molecule has 8 nitrogen and oxygen atoms in total. The number of alkyl halides is 3. The van der Waals surface area contributed by atoms with Crippen LogP contribution in [-0.4, -0.2) is 37.0 Å². The minimum atomic E-state index is -4.51. The van der Waals surface area contributed by atoms with Crippen LogP contribution >= 0.6 is 0 Å². The average molecular weight is 414 g/mol. The summed E-state index contributed by atoms with van der Waals surface area (Å²) in [5.41, 5.74) is 0.129. The van der Waals surface area contributed by atoms with E-state index in [0.717, 1.165) is 4.68 Å². The molecule has 1 N–H and O–H groups in total. The fraction of sp³-hybridized carbons (Fsp3) is 0.105. The van der Waals surface area contributed by atoms with Crippen molar-refractivity contribution in [3.05, 3.63) is 66.7 Å². The number of benzene rings is 1. The number of hydrogen-bond donors (Lipinski definition) is 1. The molecule has 0 aliphatic heterocycles. The summed E-state index contributed by atoms with van der Waals surface area (Å²) in [6, 6.07) is 10.8. The van der Waals surface area contributed by atoms with Crippen molar-refractivity contribution in [2.45, 2.75) is 12.7 Å². The van der Waals surface area contributed by atoms with Crippen molar-refractivity contribution in [3.8, 4) is 11.5 Å². The van der Waals surface area contributed by atoms with Gasteiger partial charge in [0.05, 0.1) is 17.1 Å². The second-order valence-corrected chi connectivity index (χ2v) is 6.13. The van der Waals surface area contributed by atoms with E-state index in [0.29, 0.717) is 5.75 Å². The molecule has 0 radical (unpaired) electrons. The van der Waals surface area contributed by atoms with Gasteiger partial charge in [-0.1, -0.05) is 6.07 Å². The fourth-order valence-corrected chi connectivity index (χ4v) is 2.79. The first-order valence-electron chi connectivity index (χ1n) is 8.64. The number of carbonyl (C=O) groups excluding carboxylic acids is 1. The molecular weight excluding hydrogens is 401 g/mol. The van der Waals surface area contributed by atoms with Crippen LogP contribution in [0, 0.1) is 0 Å². The van der Waals surface area contributed by atoms with E-state index < -0.39 is 18.6 Å². The van der Waals surface area contributed by atoms with E-state index in [-0.39, 0.29) is 28.2 Å². The Labute approximate surface area is 167 Å². The van der Waals surface area contributed by atoms with Gasteiger partial charge in [-0.05, 0) is 36.4 Å². The average Bonchev–Trinajstić information content (AvgIpc) is 3.06. The van der Waals surface area contributed by atoms with Crippen LogP contribution in [0.3, 0.4) is 0 Å². The molecule has 0 aliphatic rings. The summed E-state index contributed by atoms with van der Waals surface area (Å²) >= 11 is 0. The summed E-state index contributed by atoms with van der Waals surface area (Å²) in [6.45, 7) is -1.33. The molecule has 4 aromatic rings. The second kappa shape index (κ2) is 7.78. The van der Waals surface area contributed by atoms with Crippen LogP contribution in [-0.2, 0) is 6.54 Å². The smallest absolute Gasteiger partial charge is 0.408 e. The third-order valence-electron chi connectivity index (χ3n) is 3.97. The Morgan fingerprint density at radius 1 is 1.10 bits per heavy atom. The van der Waals surface area contributed by atoms with Crippen LogP contribution in [0.1, 0.15) is 10.5 Å². The lowest BCUT2D eigenvalue weighted by Gasteiger charge is -2.09. The number of ether oxygens (including phenoxy) is 1. The zero-order valence-corrected chi connectivity index (χ0v) is 15.2. The fourth-order valence-electron chi connectivity index (χ4n) is 2.79. The lowest BCUT2D eigenvalue weighted by molar-refractivity contribution is -0.141. The summed E-state index contributed by atoms with van der Waals surface area (Å²) < 4.78 is 45.7. The quantitative estimate of drug-likeness (QED) is 0.533. The zero-order chi connectivity index (χ0) is 21.1. The van der Waals surface area contributed by atoms with Gasteiger partial charge in [-0.15, -0.1) is 5.10 Å². The highest BCUT2D eigenvalue weighted by Gasteiger charge is 2.31. The lowest BCUT2D eigenvalue weighted by atomic mass is 10.2. The molecule has 152 valence electrons. The topological polar surface area (TPSA) is 94.8 Å². The van der Waals surface area contributed by atoms with Gasteiger partial charge in [-0.2, -0.15) is 23.4 Å². The molecule has 0 atom stereocenters. The third-order valence-corrected chi connectivity index (χ3v) is 3.97. The summed E-state index contributed by atoms with van der Waals surface area (Å²) in [6.07, 6.45) is -0.104. The largest absolute Gasteiger partial charge is 0.455 e. The molecule has 0 unspecified atom stereocenters. The van der Waals surface area contributed by atoms with Gasteiger partial charge >= 0.3 is 6.18 Å². The molecule has 3 aromatic heterocycles. The molecule has 11 heteroatoms. The number of hydrogen-bond acceptors (Lipinski definition) is 6. The number of nitrogens with one attached hydrogen (secondary N) is 1. The van der Waals surface area contributed by atoms with Crippen molar-refractivity contribution in [2.75, 3.05) is 5.32 Å². The molecule has 0 aliphatic carbocycles. The van der Waals surface area contributed by atoms with E-state index in [1.807, 2.05) is 0 Å². The Morgan fingerprint density at radius 2 is 1.93 bits per heavy atom.